The summed E-state index contributed by atoms with van der Waals surface area (Å²) >= 11 is 0. The lowest BCUT2D eigenvalue weighted by molar-refractivity contribution is 0.101. The number of ether oxygens (including phenoxy) is 1. The fraction of sp³-hybridized carbons (Fsp3) is 0.150. The Morgan fingerprint density at radius 2 is 1.96 bits per heavy atom. The summed E-state index contributed by atoms with van der Waals surface area (Å²) in [6, 6.07) is 10.4. The number of fused-ring (bicyclic) bond motifs is 1. The molecule has 3 rings (SSSR count). The molecule has 4 heteroatoms. The van der Waals surface area contributed by atoms with Crippen LogP contribution in [-0.2, 0) is 6.42 Å². The van der Waals surface area contributed by atoms with Crippen molar-refractivity contribution < 1.29 is 19.1 Å². The molecule has 0 fully saturated rings. The van der Waals surface area contributed by atoms with Gasteiger partial charge < -0.3 is 14.3 Å². The molecule has 0 atom stereocenters. The highest BCUT2D eigenvalue weighted by Crippen LogP contribution is 2.36. The Kier molecular flexibility index (Phi) is 4.13. The monoisotopic (exact) mass is 322 g/mol. The van der Waals surface area contributed by atoms with Crippen LogP contribution in [-0.4, -0.2) is 18.0 Å². The molecular weight excluding hydrogens is 304 g/mol. The van der Waals surface area contributed by atoms with Gasteiger partial charge >= 0.3 is 0 Å². The predicted molar refractivity (Wildman–Crippen MR) is 92.9 cm³/mol. The Bertz CT molecular complexity index is 917. The number of rotatable bonds is 5. The van der Waals surface area contributed by atoms with Crippen molar-refractivity contribution in [2.24, 2.45) is 0 Å². The Morgan fingerprint density at radius 1 is 1.25 bits per heavy atom. The van der Waals surface area contributed by atoms with Gasteiger partial charge in [0.2, 0.25) is 5.78 Å². The summed E-state index contributed by atoms with van der Waals surface area (Å²) in [4.78, 5) is 12.7. The van der Waals surface area contributed by atoms with E-state index in [0.29, 0.717) is 34.3 Å². The maximum absolute atomic E-state index is 12.7. The van der Waals surface area contributed by atoms with Crippen LogP contribution in [0.3, 0.4) is 0 Å². The minimum atomic E-state index is -0.226. The highest BCUT2D eigenvalue weighted by Gasteiger charge is 2.22. The molecule has 0 saturated carbocycles. The van der Waals surface area contributed by atoms with E-state index >= 15 is 0 Å². The van der Waals surface area contributed by atoms with Crippen LogP contribution in [0, 0.1) is 6.92 Å². The standard InChI is InChI=1S/C20H18O4/c1-4-5-13-8-11-16-17(18(13)21)12(2)20(24-16)19(22)14-6-9-15(23-3)10-7-14/h4,6-11,21H,1,5H2,2-3H3. The molecule has 122 valence electrons. The molecule has 0 saturated heterocycles. The normalized spacial score (nSPS) is 10.8. The van der Waals surface area contributed by atoms with E-state index in [2.05, 4.69) is 6.58 Å². The SMILES string of the molecule is C=CCc1ccc2oc(C(=O)c3ccc(OC)cc3)c(C)c2c1O. The lowest BCUT2D eigenvalue weighted by Crippen LogP contribution is -2.01. The summed E-state index contributed by atoms with van der Waals surface area (Å²) in [6.07, 6.45) is 2.27. The molecule has 0 unspecified atom stereocenters. The third-order valence-electron chi connectivity index (χ3n) is 4.07. The van der Waals surface area contributed by atoms with E-state index in [1.807, 2.05) is 0 Å². The first kappa shape index (κ1) is 15.9. The van der Waals surface area contributed by atoms with Crippen molar-refractivity contribution in [2.45, 2.75) is 13.3 Å². The highest BCUT2D eigenvalue weighted by molar-refractivity contribution is 6.11. The number of ketones is 1. The third kappa shape index (κ3) is 2.56. The van der Waals surface area contributed by atoms with Crippen molar-refractivity contribution in [1.82, 2.24) is 0 Å². The van der Waals surface area contributed by atoms with Crippen molar-refractivity contribution in [2.75, 3.05) is 7.11 Å². The summed E-state index contributed by atoms with van der Waals surface area (Å²) in [5, 5.41) is 11.0. The number of phenols is 1. The Hall–Kier alpha value is -3.01. The minimum Gasteiger partial charge on any atom is -0.507 e. The average Bonchev–Trinajstić information content (AvgIpc) is 2.94. The molecule has 3 aromatic rings. The fourth-order valence-corrected chi connectivity index (χ4v) is 2.77. The van der Waals surface area contributed by atoms with Crippen LogP contribution in [0.4, 0.5) is 0 Å². The molecule has 0 radical (unpaired) electrons. The van der Waals surface area contributed by atoms with Crippen molar-refractivity contribution in [3.8, 4) is 11.5 Å². The molecule has 0 aliphatic carbocycles. The molecule has 0 spiro atoms. The van der Waals surface area contributed by atoms with Crippen LogP contribution < -0.4 is 4.74 Å². The number of furan rings is 1. The number of methoxy groups -OCH3 is 1. The summed E-state index contributed by atoms with van der Waals surface area (Å²) in [6.45, 7) is 5.47. The smallest absolute Gasteiger partial charge is 0.228 e. The minimum absolute atomic E-state index is 0.141. The predicted octanol–water partition coefficient (Wildman–Crippen LogP) is 4.41. The Morgan fingerprint density at radius 3 is 2.58 bits per heavy atom. The second kappa shape index (κ2) is 6.24. The van der Waals surface area contributed by atoms with Gasteiger partial charge in [0.25, 0.3) is 0 Å². The lowest BCUT2D eigenvalue weighted by Gasteiger charge is -2.03. The topological polar surface area (TPSA) is 59.7 Å². The van der Waals surface area contributed by atoms with Crippen LogP contribution >= 0.6 is 0 Å². The van der Waals surface area contributed by atoms with E-state index in [1.54, 1.807) is 56.5 Å². The van der Waals surface area contributed by atoms with Gasteiger partial charge in [0.05, 0.1) is 12.5 Å². The first-order valence-electron chi connectivity index (χ1n) is 7.60. The van der Waals surface area contributed by atoms with Crippen LogP contribution in [0.1, 0.15) is 27.2 Å². The van der Waals surface area contributed by atoms with Gasteiger partial charge in [-0.25, -0.2) is 0 Å². The maximum atomic E-state index is 12.7. The van der Waals surface area contributed by atoms with Gasteiger partial charge in [-0.15, -0.1) is 6.58 Å². The van der Waals surface area contributed by atoms with E-state index in [-0.39, 0.29) is 17.3 Å². The van der Waals surface area contributed by atoms with E-state index in [4.69, 9.17) is 9.15 Å². The zero-order valence-electron chi connectivity index (χ0n) is 13.6. The average molecular weight is 322 g/mol. The molecular formula is C20H18O4. The molecule has 0 aliphatic rings. The first-order chi connectivity index (χ1) is 11.6. The van der Waals surface area contributed by atoms with Gasteiger partial charge in [-0.2, -0.15) is 0 Å². The van der Waals surface area contributed by atoms with Crippen molar-refractivity contribution in [3.63, 3.8) is 0 Å². The van der Waals surface area contributed by atoms with Gasteiger partial charge in [0.15, 0.2) is 5.76 Å². The third-order valence-corrected chi connectivity index (χ3v) is 4.07. The van der Waals surface area contributed by atoms with Crippen LogP contribution in [0.25, 0.3) is 11.0 Å². The first-order valence-corrected chi connectivity index (χ1v) is 7.60. The van der Waals surface area contributed by atoms with E-state index in [0.717, 1.165) is 5.56 Å². The van der Waals surface area contributed by atoms with Gasteiger partial charge in [-0.05, 0) is 49.2 Å². The quantitative estimate of drug-likeness (QED) is 0.558. The van der Waals surface area contributed by atoms with Gasteiger partial charge in [-0.3, -0.25) is 4.79 Å². The fourth-order valence-electron chi connectivity index (χ4n) is 2.77. The van der Waals surface area contributed by atoms with Crippen molar-refractivity contribution in [1.29, 1.82) is 0 Å². The summed E-state index contributed by atoms with van der Waals surface area (Å²) in [5.74, 6) is 0.833. The number of carbonyl (C=O) groups is 1. The molecule has 4 nitrogen and oxygen atoms in total. The summed E-state index contributed by atoms with van der Waals surface area (Å²) < 4.78 is 10.8. The van der Waals surface area contributed by atoms with Crippen molar-refractivity contribution in [3.05, 3.63) is 71.5 Å². The molecule has 0 aliphatic heterocycles. The molecule has 1 heterocycles. The van der Waals surface area contributed by atoms with Crippen molar-refractivity contribution >= 4 is 16.8 Å². The van der Waals surface area contributed by atoms with Gasteiger partial charge in [-0.1, -0.05) is 12.1 Å². The molecule has 1 aromatic heterocycles. The summed E-state index contributed by atoms with van der Waals surface area (Å²) in [5.41, 5.74) is 2.39. The Balaban J connectivity index is 2.09. The molecule has 0 bridgehead atoms. The van der Waals surface area contributed by atoms with E-state index in [1.165, 1.54) is 0 Å². The van der Waals surface area contributed by atoms with E-state index in [9.17, 15) is 9.90 Å². The molecule has 24 heavy (non-hydrogen) atoms. The zero-order chi connectivity index (χ0) is 17.3. The largest absolute Gasteiger partial charge is 0.507 e. The van der Waals surface area contributed by atoms with E-state index < -0.39 is 0 Å². The number of carbonyl (C=O) groups excluding carboxylic acids is 1. The number of allylic oxidation sites excluding steroid dienone is 1. The molecule has 0 amide bonds. The number of benzene rings is 2. The maximum Gasteiger partial charge on any atom is 0.228 e. The van der Waals surface area contributed by atoms with Crippen LogP contribution in [0.5, 0.6) is 11.5 Å². The van der Waals surface area contributed by atoms with Gasteiger partial charge in [0.1, 0.15) is 17.1 Å². The number of phenolic OH excluding ortho intramolecular Hbond substituents is 1. The Labute approximate surface area is 140 Å². The van der Waals surface area contributed by atoms with Crippen LogP contribution in [0.2, 0.25) is 0 Å². The van der Waals surface area contributed by atoms with Crippen LogP contribution in [0.15, 0.2) is 53.5 Å². The molecule has 1 N–H and O–H groups in total. The lowest BCUT2D eigenvalue weighted by atomic mass is 10.0. The number of hydrogen-bond acceptors (Lipinski definition) is 4. The number of aryl methyl sites for hydroxylation is 1. The number of hydrogen-bond donors (Lipinski definition) is 1. The summed E-state index contributed by atoms with van der Waals surface area (Å²) in [7, 11) is 1.57. The second-order valence-electron chi connectivity index (χ2n) is 5.55. The van der Waals surface area contributed by atoms with Gasteiger partial charge in [0, 0.05) is 11.1 Å². The highest BCUT2D eigenvalue weighted by atomic mass is 16.5. The molecule has 2 aromatic carbocycles. The zero-order valence-corrected chi connectivity index (χ0v) is 13.6. The second-order valence-corrected chi connectivity index (χ2v) is 5.55. The number of aromatic hydroxyl groups is 1.